The van der Waals surface area contributed by atoms with Crippen LogP contribution in [0.4, 0.5) is 14.4 Å². The lowest BCUT2D eigenvalue weighted by molar-refractivity contribution is -0.144. The first kappa shape index (κ1) is 27.5. The molecule has 1 amide bonds. The van der Waals surface area contributed by atoms with E-state index in [1.54, 1.807) is 34.6 Å². The molecule has 184 valence electrons. The molecule has 1 aromatic rings. The molecule has 1 rings (SSSR count). The molecule has 1 atom stereocenters. The van der Waals surface area contributed by atoms with Gasteiger partial charge in [-0.25, -0.2) is 19.8 Å². The summed E-state index contributed by atoms with van der Waals surface area (Å²) in [5.41, 5.74) is 2.57. The Labute approximate surface area is 191 Å². The Bertz CT molecular complexity index is 865. The van der Waals surface area contributed by atoms with E-state index in [1.807, 2.05) is 0 Å². The van der Waals surface area contributed by atoms with E-state index in [4.69, 9.17) is 23.7 Å². The number of carboxylic acid groups (broad SMARTS) is 1. The van der Waals surface area contributed by atoms with Crippen LogP contribution in [-0.2, 0) is 25.4 Å². The van der Waals surface area contributed by atoms with Gasteiger partial charge in [-0.3, -0.25) is 10.2 Å². The summed E-state index contributed by atoms with van der Waals surface area (Å²) in [6.45, 7) is 9.60. The van der Waals surface area contributed by atoms with Gasteiger partial charge >= 0.3 is 24.4 Å². The average Bonchev–Trinajstić information content (AvgIpc) is 2.67. The Morgan fingerprint density at radius 2 is 1.45 bits per heavy atom. The Hall–Kier alpha value is -3.54. The van der Waals surface area contributed by atoms with Gasteiger partial charge in [0.1, 0.15) is 11.1 Å². The topological polar surface area (TPSA) is 159 Å². The molecular formula is C21H30N2O10. The van der Waals surface area contributed by atoms with Crippen LogP contribution < -0.4 is 20.3 Å². The van der Waals surface area contributed by atoms with E-state index in [-0.39, 0.29) is 31.1 Å². The second kappa shape index (κ2) is 11.9. The van der Waals surface area contributed by atoms with Crippen molar-refractivity contribution in [3.8, 4) is 11.5 Å². The van der Waals surface area contributed by atoms with Crippen molar-refractivity contribution in [2.75, 3.05) is 13.2 Å². The van der Waals surface area contributed by atoms with Gasteiger partial charge in [0.05, 0.1) is 13.2 Å². The van der Waals surface area contributed by atoms with Crippen LogP contribution in [-0.4, -0.2) is 53.8 Å². The van der Waals surface area contributed by atoms with Gasteiger partial charge in [-0.15, -0.1) is 0 Å². The van der Waals surface area contributed by atoms with Crippen molar-refractivity contribution in [3.05, 3.63) is 23.8 Å². The Kier molecular flexibility index (Phi) is 9.92. The molecule has 0 heterocycles. The van der Waals surface area contributed by atoms with E-state index in [0.717, 1.165) is 0 Å². The lowest BCUT2D eigenvalue weighted by Crippen LogP contribution is -2.59. The first-order valence-corrected chi connectivity index (χ1v) is 10.1. The van der Waals surface area contributed by atoms with Gasteiger partial charge in [0.25, 0.3) is 0 Å². The Balaban J connectivity index is 3.12. The van der Waals surface area contributed by atoms with Gasteiger partial charge in [-0.05, 0) is 59.2 Å². The van der Waals surface area contributed by atoms with Gasteiger partial charge in [0.2, 0.25) is 0 Å². The molecule has 0 aliphatic carbocycles. The minimum absolute atomic E-state index is 0.0456. The third-order valence-corrected chi connectivity index (χ3v) is 3.79. The van der Waals surface area contributed by atoms with Crippen molar-refractivity contribution in [1.82, 2.24) is 10.9 Å². The van der Waals surface area contributed by atoms with Crippen LogP contribution in [0.15, 0.2) is 18.2 Å². The molecule has 0 spiro atoms. The molecule has 1 unspecified atom stereocenters. The zero-order valence-corrected chi connectivity index (χ0v) is 19.5. The predicted octanol–water partition coefficient (Wildman–Crippen LogP) is 3.17. The van der Waals surface area contributed by atoms with E-state index < -0.39 is 35.5 Å². The third kappa shape index (κ3) is 9.64. The van der Waals surface area contributed by atoms with Crippen LogP contribution in [0.1, 0.15) is 47.1 Å². The highest BCUT2D eigenvalue weighted by Gasteiger charge is 2.35. The van der Waals surface area contributed by atoms with E-state index in [9.17, 15) is 24.3 Å². The molecule has 3 N–H and O–H groups in total. The van der Waals surface area contributed by atoms with Gasteiger partial charge in [0, 0.05) is 6.42 Å². The molecule has 0 fully saturated rings. The highest BCUT2D eigenvalue weighted by molar-refractivity contribution is 5.79. The highest BCUT2D eigenvalue weighted by Crippen LogP contribution is 2.31. The first-order chi connectivity index (χ1) is 15.3. The molecule has 0 aromatic heterocycles. The average molecular weight is 470 g/mol. The summed E-state index contributed by atoms with van der Waals surface area (Å²) in [5, 5.41) is 9.71. The van der Waals surface area contributed by atoms with Crippen molar-refractivity contribution in [3.63, 3.8) is 0 Å². The first-order valence-electron chi connectivity index (χ1n) is 10.1. The fraction of sp³-hybridized carbons (Fsp3) is 0.524. The SMILES string of the molecule is CCOC(=O)Oc1ccc(CC(C)(NNC(=O)OC(C)(C)C)C(=O)O)cc1OC(=O)OCC. The van der Waals surface area contributed by atoms with E-state index in [0.29, 0.717) is 5.56 Å². The molecule has 0 saturated heterocycles. The minimum atomic E-state index is -1.68. The summed E-state index contributed by atoms with van der Waals surface area (Å²) in [6, 6.07) is 4.08. The number of carboxylic acids is 1. The van der Waals surface area contributed by atoms with Crippen LogP contribution >= 0.6 is 0 Å². The smallest absolute Gasteiger partial charge is 0.480 e. The number of benzene rings is 1. The van der Waals surface area contributed by atoms with Crippen LogP contribution in [0.25, 0.3) is 0 Å². The fourth-order valence-electron chi connectivity index (χ4n) is 2.37. The van der Waals surface area contributed by atoms with Gasteiger partial charge in [-0.2, -0.15) is 0 Å². The zero-order chi connectivity index (χ0) is 25.2. The number of carbonyl (C=O) groups excluding carboxylic acids is 3. The van der Waals surface area contributed by atoms with E-state index in [1.165, 1.54) is 25.1 Å². The minimum Gasteiger partial charge on any atom is -0.480 e. The van der Waals surface area contributed by atoms with Crippen LogP contribution in [0.2, 0.25) is 0 Å². The number of hydrazine groups is 1. The lowest BCUT2D eigenvalue weighted by atomic mass is 9.93. The van der Waals surface area contributed by atoms with Crippen LogP contribution in [0, 0.1) is 0 Å². The van der Waals surface area contributed by atoms with Crippen LogP contribution in [0.5, 0.6) is 11.5 Å². The maximum absolute atomic E-state index is 11.9. The lowest BCUT2D eigenvalue weighted by Gasteiger charge is -2.28. The molecule has 0 radical (unpaired) electrons. The number of carbonyl (C=O) groups is 4. The normalized spacial score (nSPS) is 12.7. The van der Waals surface area contributed by atoms with E-state index in [2.05, 4.69) is 10.9 Å². The molecule has 0 bridgehead atoms. The molecule has 1 aromatic carbocycles. The highest BCUT2D eigenvalue weighted by atomic mass is 16.7. The summed E-state index contributed by atoms with van der Waals surface area (Å²) < 4.78 is 24.6. The predicted molar refractivity (Wildman–Crippen MR) is 114 cm³/mol. The fourth-order valence-corrected chi connectivity index (χ4v) is 2.37. The zero-order valence-electron chi connectivity index (χ0n) is 19.5. The van der Waals surface area contributed by atoms with Gasteiger partial charge in [0.15, 0.2) is 11.5 Å². The maximum Gasteiger partial charge on any atom is 0.513 e. The molecule has 12 nitrogen and oxygen atoms in total. The number of ether oxygens (including phenoxy) is 5. The van der Waals surface area contributed by atoms with Gasteiger partial charge in [-0.1, -0.05) is 6.07 Å². The number of nitrogens with one attached hydrogen (secondary N) is 2. The van der Waals surface area contributed by atoms with Crippen LogP contribution in [0.3, 0.4) is 0 Å². The molecule has 33 heavy (non-hydrogen) atoms. The Morgan fingerprint density at radius 3 is 1.94 bits per heavy atom. The summed E-state index contributed by atoms with van der Waals surface area (Å²) in [4.78, 5) is 47.3. The second-order valence-corrected chi connectivity index (χ2v) is 7.92. The molecule has 0 saturated carbocycles. The molecule has 0 aliphatic heterocycles. The maximum atomic E-state index is 11.9. The summed E-state index contributed by atoms with van der Waals surface area (Å²) in [7, 11) is 0. The number of aliphatic carboxylic acids is 1. The summed E-state index contributed by atoms with van der Waals surface area (Å²) >= 11 is 0. The summed E-state index contributed by atoms with van der Waals surface area (Å²) in [5.74, 6) is -1.60. The molecular weight excluding hydrogens is 440 g/mol. The summed E-state index contributed by atoms with van der Waals surface area (Å²) in [6.07, 6.45) is -3.09. The Morgan fingerprint density at radius 1 is 0.909 bits per heavy atom. The van der Waals surface area contributed by atoms with Crippen molar-refractivity contribution in [1.29, 1.82) is 0 Å². The number of rotatable bonds is 9. The van der Waals surface area contributed by atoms with E-state index >= 15 is 0 Å². The monoisotopic (exact) mass is 470 g/mol. The number of hydrogen-bond acceptors (Lipinski definition) is 10. The number of hydrogen-bond donors (Lipinski definition) is 3. The quantitative estimate of drug-likeness (QED) is 0.210. The standard InChI is InChI=1S/C21H30N2O10/c1-7-29-18(27)31-14-10-9-13(11-15(14)32-19(28)30-8-2)12-21(6,16(24)25)23-22-17(26)33-20(3,4)5/h9-11,23H,7-8,12H2,1-6H3,(H,22,26)(H,24,25). The van der Waals surface area contributed by atoms with Crippen molar-refractivity contribution in [2.45, 2.75) is 59.1 Å². The third-order valence-electron chi connectivity index (χ3n) is 3.79. The largest absolute Gasteiger partial charge is 0.513 e. The second-order valence-electron chi connectivity index (χ2n) is 7.92. The molecule has 0 aliphatic rings. The van der Waals surface area contributed by atoms with Gasteiger partial charge < -0.3 is 28.8 Å². The van der Waals surface area contributed by atoms with Crippen molar-refractivity contribution < 1.29 is 48.0 Å². The van der Waals surface area contributed by atoms with Crippen molar-refractivity contribution in [2.24, 2.45) is 0 Å². The molecule has 12 heteroatoms. The number of amides is 1. The van der Waals surface area contributed by atoms with Crippen molar-refractivity contribution >= 4 is 24.4 Å².